The molecule has 1 heterocycles. The van der Waals surface area contributed by atoms with Crippen LogP contribution in [0.15, 0.2) is 35.9 Å². The molecule has 0 spiro atoms. The lowest BCUT2D eigenvalue weighted by atomic mass is 9.49. The summed E-state index contributed by atoms with van der Waals surface area (Å²) in [4.78, 5) is 30.1. The van der Waals surface area contributed by atoms with Crippen LogP contribution in [0.4, 0.5) is 0 Å². The van der Waals surface area contributed by atoms with Gasteiger partial charge in [0.25, 0.3) is 0 Å². The number of carbonyl (C=O) groups excluding carboxylic acids is 2. The van der Waals surface area contributed by atoms with Gasteiger partial charge in [-0.1, -0.05) is 45.4 Å². The van der Waals surface area contributed by atoms with Gasteiger partial charge in [-0.2, -0.15) is 0 Å². The Labute approximate surface area is 274 Å². The molecule has 1 aromatic rings. The van der Waals surface area contributed by atoms with Crippen molar-refractivity contribution in [1.82, 2.24) is 10.2 Å². The maximum Gasteiger partial charge on any atom is 0.249 e. The zero-order valence-corrected chi connectivity index (χ0v) is 27.9. The zero-order valence-electron chi connectivity index (χ0n) is 27.9. The van der Waals surface area contributed by atoms with E-state index in [1.54, 1.807) is 0 Å². The van der Waals surface area contributed by atoms with Crippen molar-refractivity contribution in [3.05, 3.63) is 41.5 Å². The summed E-state index contributed by atoms with van der Waals surface area (Å²) in [5.41, 5.74) is 1.39. The van der Waals surface area contributed by atoms with E-state index in [9.17, 15) is 19.8 Å². The molecular weight excluding hydrogens is 580 g/mol. The molecule has 3 N–H and O–H groups in total. The number of aliphatic hydroxyl groups excluding tert-OH is 2. The molecule has 7 aliphatic rings. The molecule has 2 amide bonds. The van der Waals surface area contributed by atoms with E-state index in [2.05, 4.69) is 26.1 Å². The van der Waals surface area contributed by atoms with Gasteiger partial charge in [0.2, 0.25) is 11.8 Å². The molecule has 8 heteroatoms. The molecule has 252 valence electrons. The predicted octanol–water partition coefficient (Wildman–Crippen LogP) is 4.83. The van der Waals surface area contributed by atoms with Crippen molar-refractivity contribution in [1.29, 1.82) is 0 Å². The van der Waals surface area contributed by atoms with Gasteiger partial charge in [-0.15, -0.1) is 0 Å². The van der Waals surface area contributed by atoms with E-state index in [-0.39, 0.29) is 43.1 Å². The Balaban J connectivity index is 1.21. The van der Waals surface area contributed by atoms with Gasteiger partial charge >= 0.3 is 0 Å². The van der Waals surface area contributed by atoms with Gasteiger partial charge in [-0.05, 0) is 104 Å². The molecule has 8 rings (SSSR count). The summed E-state index contributed by atoms with van der Waals surface area (Å²) < 4.78 is 12.9. The van der Waals surface area contributed by atoms with E-state index in [1.165, 1.54) is 25.7 Å². The van der Waals surface area contributed by atoms with E-state index in [0.29, 0.717) is 35.6 Å². The van der Waals surface area contributed by atoms with Crippen molar-refractivity contribution in [3.63, 3.8) is 0 Å². The molecule has 0 radical (unpaired) electrons. The average molecular weight is 635 g/mol. The Bertz CT molecular complexity index is 1290. The van der Waals surface area contributed by atoms with E-state index < -0.39 is 24.2 Å². The minimum Gasteiger partial charge on any atom is -0.486 e. The lowest BCUT2D eigenvalue weighted by molar-refractivity contribution is -0.154. The maximum absolute atomic E-state index is 14.6. The molecule has 46 heavy (non-hydrogen) atoms. The summed E-state index contributed by atoms with van der Waals surface area (Å²) in [5, 5.41) is 24.4. The second-order valence-corrected chi connectivity index (χ2v) is 16.3. The number of rotatable bonds is 10. The largest absolute Gasteiger partial charge is 0.486 e. The standard InChI is InChI=1S/C38H54N2O6/c1-22(2)27-9-8-23(3)12-32(27)45-20-33(42)40(21-38-17-24-13-25(18-38)15-26(14-24)19-38)30-16-29(37(44)39-10-11-41)34-28-6-4-5-7-31(28)46-36(34)35(30)43/h4-7,16,22-27,30,32,34-36,41,43H,8-15,17-21H2,1-3H3,(H,39,44)/t23-,24?,25?,26?,27+,30+,32-,34-,35-,36-,38?/m0/s1. The summed E-state index contributed by atoms with van der Waals surface area (Å²) in [6.07, 6.45) is 10.8. The third kappa shape index (κ3) is 6.03. The summed E-state index contributed by atoms with van der Waals surface area (Å²) in [6.45, 7) is 7.28. The summed E-state index contributed by atoms with van der Waals surface area (Å²) in [7, 11) is 0. The summed E-state index contributed by atoms with van der Waals surface area (Å²) in [5.74, 6) is 3.44. The number of para-hydroxylation sites is 1. The lowest BCUT2D eigenvalue weighted by Gasteiger charge is -2.58. The number of nitrogens with one attached hydrogen (secondary N) is 1. The third-order valence-electron chi connectivity index (χ3n) is 12.6. The molecular formula is C38H54N2O6. The van der Waals surface area contributed by atoms with Crippen LogP contribution < -0.4 is 10.1 Å². The van der Waals surface area contributed by atoms with Gasteiger partial charge < -0.3 is 29.9 Å². The fourth-order valence-electron chi connectivity index (χ4n) is 11.0. The van der Waals surface area contributed by atoms with Crippen LogP contribution in [0.3, 0.4) is 0 Å². The highest BCUT2D eigenvalue weighted by Gasteiger charge is 2.55. The molecule has 0 unspecified atom stereocenters. The number of fused-ring (bicyclic) bond motifs is 3. The molecule has 5 fully saturated rings. The molecule has 1 aromatic carbocycles. The van der Waals surface area contributed by atoms with Crippen LogP contribution in [0.25, 0.3) is 0 Å². The van der Waals surface area contributed by atoms with Gasteiger partial charge in [-0.3, -0.25) is 9.59 Å². The number of ether oxygens (including phenoxy) is 2. The summed E-state index contributed by atoms with van der Waals surface area (Å²) >= 11 is 0. The van der Waals surface area contributed by atoms with Crippen molar-refractivity contribution in [2.24, 2.45) is 40.9 Å². The molecule has 1 aliphatic heterocycles. The Morgan fingerprint density at radius 3 is 2.43 bits per heavy atom. The van der Waals surface area contributed by atoms with E-state index in [4.69, 9.17) is 9.47 Å². The quantitative estimate of drug-likeness (QED) is 0.340. The highest BCUT2D eigenvalue weighted by Crippen LogP contribution is 2.60. The van der Waals surface area contributed by atoms with E-state index in [1.807, 2.05) is 35.2 Å². The fraction of sp³-hybridized carbons (Fsp3) is 0.737. The average Bonchev–Trinajstić information content (AvgIpc) is 3.41. The Kier molecular flexibility index (Phi) is 9.01. The Hall–Kier alpha value is -2.42. The Morgan fingerprint density at radius 2 is 1.76 bits per heavy atom. The zero-order chi connectivity index (χ0) is 32.2. The third-order valence-corrected chi connectivity index (χ3v) is 12.6. The molecule has 4 bridgehead atoms. The first-order valence-electron chi connectivity index (χ1n) is 18.1. The predicted molar refractivity (Wildman–Crippen MR) is 175 cm³/mol. The van der Waals surface area contributed by atoms with E-state index in [0.717, 1.165) is 55.4 Å². The number of hydrogen-bond acceptors (Lipinski definition) is 6. The number of benzene rings is 1. The Morgan fingerprint density at radius 1 is 1.07 bits per heavy atom. The summed E-state index contributed by atoms with van der Waals surface area (Å²) in [6, 6.07) is 6.92. The number of nitrogens with zero attached hydrogens (tertiary/aromatic N) is 1. The van der Waals surface area contributed by atoms with Crippen LogP contribution in [-0.4, -0.2) is 77.6 Å². The lowest BCUT2D eigenvalue weighted by Crippen LogP contribution is -2.60. The van der Waals surface area contributed by atoms with Crippen LogP contribution in [-0.2, 0) is 14.3 Å². The molecule has 0 saturated heterocycles. The number of carbonyl (C=O) groups is 2. The van der Waals surface area contributed by atoms with Crippen LogP contribution in [0.5, 0.6) is 5.75 Å². The van der Waals surface area contributed by atoms with Gasteiger partial charge in [0.15, 0.2) is 0 Å². The monoisotopic (exact) mass is 634 g/mol. The first-order valence-corrected chi connectivity index (χ1v) is 18.1. The van der Waals surface area contributed by atoms with Crippen LogP contribution in [0.2, 0.25) is 0 Å². The molecule has 6 aliphatic carbocycles. The number of amides is 2. The van der Waals surface area contributed by atoms with Crippen molar-refractivity contribution in [2.45, 2.75) is 109 Å². The fourth-order valence-corrected chi connectivity index (χ4v) is 11.0. The van der Waals surface area contributed by atoms with Crippen LogP contribution in [0.1, 0.15) is 90.0 Å². The van der Waals surface area contributed by atoms with Crippen molar-refractivity contribution in [3.8, 4) is 5.75 Å². The molecule has 7 atom stereocenters. The van der Waals surface area contributed by atoms with Crippen LogP contribution in [0, 0.1) is 40.9 Å². The first-order chi connectivity index (χ1) is 22.1. The topological polar surface area (TPSA) is 108 Å². The SMILES string of the molecule is CC(C)[C@H]1CC[C@H](C)C[C@@H]1OCC(=O)N(CC12CC3CC(CC(C3)C1)C2)[C@@H]1C=C(C(=O)NCCO)[C@@H]2c3ccccc3O[C@@H]2[C@H]1O. The highest BCUT2D eigenvalue weighted by molar-refractivity contribution is 5.96. The highest BCUT2D eigenvalue weighted by atomic mass is 16.5. The smallest absolute Gasteiger partial charge is 0.249 e. The van der Waals surface area contributed by atoms with Gasteiger partial charge in [0.1, 0.15) is 24.6 Å². The van der Waals surface area contributed by atoms with Crippen molar-refractivity contribution in [2.75, 3.05) is 26.3 Å². The maximum atomic E-state index is 14.6. The van der Waals surface area contributed by atoms with Crippen LogP contribution >= 0.6 is 0 Å². The van der Waals surface area contributed by atoms with Gasteiger partial charge in [0, 0.05) is 24.2 Å². The number of hydrogen-bond donors (Lipinski definition) is 3. The minimum atomic E-state index is -1.01. The van der Waals surface area contributed by atoms with Crippen molar-refractivity contribution < 1.29 is 29.3 Å². The normalized spacial score (nSPS) is 39.0. The molecule has 5 saturated carbocycles. The minimum absolute atomic E-state index is 0.0226. The van der Waals surface area contributed by atoms with Gasteiger partial charge in [0.05, 0.1) is 24.7 Å². The second kappa shape index (κ2) is 12.9. The van der Waals surface area contributed by atoms with E-state index >= 15 is 0 Å². The number of aliphatic hydroxyl groups is 2. The second-order valence-electron chi connectivity index (χ2n) is 16.3. The molecule has 0 aromatic heterocycles. The van der Waals surface area contributed by atoms with Gasteiger partial charge in [-0.25, -0.2) is 0 Å². The first kappa shape index (κ1) is 32.1. The molecule has 8 nitrogen and oxygen atoms in total. The van der Waals surface area contributed by atoms with Crippen molar-refractivity contribution >= 4 is 11.8 Å².